The molecule has 292 valence electrons. The molecule has 0 saturated carbocycles. The Morgan fingerprint density at radius 1 is 0.964 bits per heavy atom. The van der Waals surface area contributed by atoms with Crippen LogP contribution in [0.15, 0.2) is 101 Å². The quantitative estimate of drug-likeness (QED) is 0.127. The molecular formula is C41H45FN6O6SSi. The maximum Gasteiger partial charge on any atom is 0.332 e. The Kier molecular flexibility index (Phi) is 11.2. The predicted molar refractivity (Wildman–Crippen MR) is 216 cm³/mol. The molecule has 0 bridgehead atoms. The summed E-state index contributed by atoms with van der Waals surface area (Å²) in [5.74, 6) is -0.557. The lowest BCUT2D eigenvalue weighted by molar-refractivity contribution is -0.126. The first-order chi connectivity index (χ1) is 27.0. The second kappa shape index (κ2) is 16.1. The first-order valence-electron chi connectivity index (χ1n) is 18.6. The Morgan fingerprint density at radius 3 is 2.23 bits per heavy atom. The summed E-state index contributed by atoms with van der Waals surface area (Å²) in [5, 5.41) is 14.1. The van der Waals surface area contributed by atoms with Gasteiger partial charge < -0.3 is 19.2 Å². The van der Waals surface area contributed by atoms with E-state index in [1.165, 1.54) is 58.4 Å². The van der Waals surface area contributed by atoms with Crippen molar-refractivity contribution in [2.75, 3.05) is 26.9 Å². The summed E-state index contributed by atoms with van der Waals surface area (Å²) >= 11 is 1.18. The summed E-state index contributed by atoms with van der Waals surface area (Å²) in [6.07, 6.45) is 3.01. The van der Waals surface area contributed by atoms with E-state index in [-0.39, 0.29) is 30.2 Å². The van der Waals surface area contributed by atoms with Crippen molar-refractivity contribution in [1.82, 2.24) is 29.4 Å². The Balaban J connectivity index is 1.32. The molecule has 4 heterocycles. The van der Waals surface area contributed by atoms with Crippen molar-refractivity contribution in [3.8, 4) is 10.8 Å². The minimum Gasteiger partial charge on any atom is -0.496 e. The highest BCUT2D eigenvalue weighted by Crippen LogP contribution is 2.38. The number of carbonyl (C=O) groups excluding carboxylic acids is 1. The Hall–Kier alpha value is -5.22. The second-order valence-electron chi connectivity index (χ2n) is 14.8. The Bertz CT molecular complexity index is 2410. The van der Waals surface area contributed by atoms with Gasteiger partial charge in [-0.05, 0) is 53.4 Å². The van der Waals surface area contributed by atoms with E-state index in [0.717, 1.165) is 14.9 Å². The fraction of sp³-hybridized carbons (Fsp3) is 0.341. The van der Waals surface area contributed by atoms with Gasteiger partial charge in [-0.25, -0.2) is 13.8 Å². The van der Waals surface area contributed by atoms with Crippen LogP contribution < -0.4 is 31.7 Å². The van der Waals surface area contributed by atoms with Gasteiger partial charge in [0.05, 0.1) is 44.6 Å². The largest absolute Gasteiger partial charge is 0.496 e. The van der Waals surface area contributed by atoms with E-state index in [4.69, 9.17) is 13.9 Å². The number of piperidine rings is 1. The van der Waals surface area contributed by atoms with Crippen molar-refractivity contribution < 1.29 is 23.1 Å². The lowest BCUT2D eigenvalue weighted by atomic mass is 10.1. The van der Waals surface area contributed by atoms with Crippen molar-refractivity contribution in [2.24, 2.45) is 0 Å². The molecule has 3 aromatic heterocycles. The average Bonchev–Trinajstić information content (AvgIpc) is 3.85. The monoisotopic (exact) mass is 796 g/mol. The van der Waals surface area contributed by atoms with Gasteiger partial charge in [-0.1, -0.05) is 92.8 Å². The maximum atomic E-state index is 15.1. The van der Waals surface area contributed by atoms with Crippen molar-refractivity contribution in [1.29, 1.82) is 0 Å². The molecule has 7 rings (SSSR count). The number of nitrogens with one attached hydrogen (secondary N) is 1. The van der Waals surface area contributed by atoms with Gasteiger partial charge in [-0.3, -0.25) is 14.2 Å². The van der Waals surface area contributed by atoms with Crippen molar-refractivity contribution in [2.45, 2.75) is 64.3 Å². The van der Waals surface area contributed by atoms with Gasteiger partial charge in [-0.15, -0.1) is 4.80 Å². The van der Waals surface area contributed by atoms with Crippen LogP contribution in [-0.4, -0.2) is 65.2 Å². The van der Waals surface area contributed by atoms with Gasteiger partial charge >= 0.3 is 5.69 Å². The average molecular weight is 797 g/mol. The lowest BCUT2D eigenvalue weighted by Gasteiger charge is -2.43. The number of methoxy groups -OCH3 is 1. The molecule has 1 aliphatic heterocycles. The molecule has 1 unspecified atom stereocenters. The van der Waals surface area contributed by atoms with Crippen LogP contribution in [0.1, 0.15) is 56.9 Å². The summed E-state index contributed by atoms with van der Waals surface area (Å²) in [6.45, 7) is 8.91. The van der Waals surface area contributed by atoms with Crippen molar-refractivity contribution in [3.63, 3.8) is 0 Å². The molecule has 3 aromatic carbocycles. The molecule has 1 saturated heterocycles. The molecule has 1 fully saturated rings. The number of ether oxygens (including phenoxy) is 2. The zero-order valence-electron chi connectivity index (χ0n) is 32.0. The lowest BCUT2D eigenvalue weighted by Crippen LogP contribution is -2.66. The highest BCUT2D eigenvalue weighted by atomic mass is 32.1. The van der Waals surface area contributed by atoms with Crippen LogP contribution in [-0.2, 0) is 20.5 Å². The molecule has 1 amide bonds. The number of carbonyl (C=O) groups is 1. The van der Waals surface area contributed by atoms with E-state index in [9.17, 15) is 14.4 Å². The van der Waals surface area contributed by atoms with Gasteiger partial charge in [0, 0.05) is 17.7 Å². The number of aryl methyl sites for hydroxylation is 1. The minimum atomic E-state index is -2.92. The summed E-state index contributed by atoms with van der Waals surface area (Å²) in [5.41, 5.74) is -0.328. The maximum absolute atomic E-state index is 15.1. The van der Waals surface area contributed by atoms with Gasteiger partial charge in [0.1, 0.15) is 33.5 Å². The van der Waals surface area contributed by atoms with Crippen LogP contribution in [0, 0.1) is 12.7 Å². The van der Waals surface area contributed by atoms with Crippen LogP contribution >= 0.6 is 11.3 Å². The highest BCUT2D eigenvalue weighted by molar-refractivity contribution is 7.21. The van der Waals surface area contributed by atoms with Gasteiger partial charge in [0.15, 0.2) is 0 Å². The number of halogens is 1. The normalized spacial score (nSPS) is 15.5. The fourth-order valence-corrected chi connectivity index (χ4v) is 13.6. The third-order valence-electron chi connectivity index (χ3n) is 10.4. The number of benzene rings is 3. The van der Waals surface area contributed by atoms with Crippen LogP contribution in [0.2, 0.25) is 5.04 Å². The number of hydrogen-bond donors (Lipinski definition) is 1. The minimum absolute atomic E-state index is 0.0727. The standard InChI is InChI=1S/C41H45FN6O6SSi/c1-27-35-37(50)47(32-17-12-20-43-36(32)49)40(51)46(39(35)55-38(27)48-44-21-22-45-48)26-34(31-25-28(42)18-19-33(31)52-5)53-23-24-54-56(41(2,3)4,29-13-8-6-9-14-29)30-15-10-7-11-16-30/h6-11,13-16,18-19,21-22,25,32,34H,12,17,20,23-24,26H2,1-5H3,(H,43,49)/t32?,34-/m0/s1. The zero-order chi connectivity index (χ0) is 39.6. The summed E-state index contributed by atoms with van der Waals surface area (Å²) < 4.78 is 37.0. The molecule has 2 atom stereocenters. The molecule has 0 aliphatic carbocycles. The zero-order valence-corrected chi connectivity index (χ0v) is 33.8. The number of hydrogen-bond acceptors (Lipinski definition) is 9. The van der Waals surface area contributed by atoms with Crippen LogP contribution in [0.3, 0.4) is 0 Å². The van der Waals surface area contributed by atoms with Crippen molar-refractivity contribution >= 4 is 46.2 Å². The molecule has 12 nitrogen and oxygen atoms in total. The van der Waals surface area contributed by atoms with E-state index in [1.54, 1.807) is 6.92 Å². The SMILES string of the molecule is COc1ccc(F)cc1[C@H](Cn1c(=O)n(C2CCCNC2=O)c(=O)c2c(C)c(-n3nccn3)sc21)OCCO[Si](c1ccccc1)(c1ccccc1)C(C)(C)C. The van der Waals surface area contributed by atoms with Gasteiger partial charge in [0.2, 0.25) is 5.91 Å². The highest BCUT2D eigenvalue weighted by Gasteiger charge is 2.50. The summed E-state index contributed by atoms with van der Waals surface area (Å²) in [4.78, 5) is 43.9. The number of fused-ring (bicyclic) bond motifs is 1. The number of thiophene rings is 1. The number of amides is 1. The molecule has 0 spiro atoms. The van der Waals surface area contributed by atoms with Crippen molar-refractivity contribution in [3.05, 3.63) is 129 Å². The summed E-state index contributed by atoms with van der Waals surface area (Å²) in [6, 6.07) is 23.6. The third-order valence-corrected chi connectivity index (χ3v) is 16.7. The molecule has 6 aromatic rings. The Labute approximate surface area is 328 Å². The van der Waals surface area contributed by atoms with E-state index < -0.39 is 43.4 Å². The first kappa shape index (κ1) is 39.0. The van der Waals surface area contributed by atoms with Gasteiger partial charge in [0.25, 0.3) is 13.9 Å². The molecule has 15 heteroatoms. The van der Waals surface area contributed by atoms with Crippen LogP contribution in [0.4, 0.5) is 4.39 Å². The number of rotatable bonds is 13. The third kappa shape index (κ3) is 7.15. The number of nitrogens with zero attached hydrogens (tertiary/aromatic N) is 5. The molecular weight excluding hydrogens is 752 g/mol. The Morgan fingerprint density at radius 2 is 1.62 bits per heavy atom. The summed E-state index contributed by atoms with van der Waals surface area (Å²) in [7, 11) is -1.44. The fourth-order valence-electron chi connectivity index (χ4n) is 7.81. The first-order valence-corrected chi connectivity index (χ1v) is 21.3. The smallest absolute Gasteiger partial charge is 0.332 e. The molecule has 1 aliphatic rings. The van der Waals surface area contributed by atoms with E-state index in [0.29, 0.717) is 46.1 Å². The van der Waals surface area contributed by atoms with Crippen LogP contribution in [0.25, 0.3) is 15.2 Å². The second-order valence-corrected chi connectivity index (χ2v) is 20.1. The topological polar surface area (TPSA) is 132 Å². The van der Waals surface area contributed by atoms with Crippen LogP contribution in [0.5, 0.6) is 5.75 Å². The molecule has 1 N–H and O–H groups in total. The molecule has 0 radical (unpaired) electrons. The van der Waals surface area contributed by atoms with E-state index in [1.807, 2.05) is 36.4 Å². The number of aromatic nitrogens is 5. The van der Waals surface area contributed by atoms with Gasteiger partial charge in [-0.2, -0.15) is 10.2 Å². The van der Waals surface area contributed by atoms with E-state index in [2.05, 4.69) is 60.6 Å². The predicted octanol–water partition coefficient (Wildman–Crippen LogP) is 5.05. The molecule has 56 heavy (non-hydrogen) atoms. The van der Waals surface area contributed by atoms with E-state index >= 15 is 4.39 Å².